The van der Waals surface area contributed by atoms with Gasteiger partial charge in [0.2, 0.25) is 11.7 Å². The molecule has 1 saturated heterocycles. The molecule has 0 aliphatic carbocycles. The van der Waals surface area contributed by atoms with E-state index in [1.165, 1.54) is 22.9 Å². The Bertz CT molecular complexity index is 1620. The molecule has 182 valence electrons. The van der Waals surface area contributed by atoms with Crippen molar-refractivity contribution in [1.82, 2.24) is 28.8 Å². The van der Waals surface area contributed by atoms with Crippen molar-refractivity contribution in [3.05, 3.63) is 83.0 Å². The number of nitrogens with zero attached hydrogens (tertiary/aromatic N) is 7. The number of imidazole rings is 1. The number of para-hydroxylation sites is 1. The van der Waals surface area contributed by atoms with Gasteiger partial charge in [0.05, 0.1) is 0 Å². The lowest BCUT2D eigenvalue weighted by Crippen LogP contribution is -2.44. The second-order valence-corrected chi connectivity index (χ2v) is 8.70. The van der Waals surface area contributed by atoms with Crippen LogP contribution in [0.15, 0.2) is 65.8 Å². The molecule has 11 heteroatoms. The van der Waals surface area contributed by atoms with Gasteiger partial charge in [-0.2, -0.15) is 4.98 Å². The molecule has 0 atom stereocenters. The Balaban J connectivity index is 1.36. The third kappa shape index (κ3) is 3.73. The first-order valence-electron chi connectivity index (χ1n) is 11.5. The first-order valence-corrected chi connectivity index (χ1v) is 11.5. The summed E-state index contributed by atoms with van der Waals surface area (Å²) >= 11 is 0. The number of likely N-dealkylation sites (N-methyl/N-ethyl adjacent to an activating group) is 1. The number of aromatic nitrogens is 5. The average Bonchev–Trinajstić information content (AvgIpc) is 3.37. The van der Waals surface area contributed by atoms with Gasteiger partial charge in [-0.3, -0.25) is 9.20 Å². The average molecular weight is 489 g/mol. The maximum atomic E-state index is 14.5. The lowest BCUT2D eigenvalue weighted by Gasteiger charge is -2.34. The molecule has 6 rings (SSSR count). The molecule has 0 radical (unpaired) electrons. The highest BCUT2D eigenvalue weighted by molar-refractivity contribution is 5.78. The molecule has 2 aromatic carbocycles. The van der Waals surface area contributed by atoms with Crippen LogP contribution in [0.3, 0.4) is 0 Å². The van der Waals surface area contributed by atoms with Crippen LogP contribution in [0.4, 0.5) is 26.1 Å². The number of halogens is 2. The summed E-state index contributed by atoms with van der Waals surface area (Å²) in [6, 6.07) is 11.4. The molecule has 0 amide bonds. The lowest BCUT2D eigenvalue weighted by atomic mass is 10.2. The van der Waals surface area contributed by atoms with Crippen molar-refractivity contribution < 1.29 is 8.78 Å². The quantitative estimate of drug-likeness (QED) is 0.416. The molecule has 1 N–H and O–H groups in total. The summed E-state index contributed by atoms with van der Waals surface area (Å²) in [5.41, 5.74) is 1.04. The molecule has 1 aliphatic rings. The molecular formula is C25H22F2N8O. The standard InChI is InChI=1S/C25H22F2N8O/c1-32-11-13-33(14-12-32)17-7-5-16(6-8-17)30-24-29-15-18-22(31-24)34-10-9-28-25(34)35(23(18)36)21-19(26)3-2-4-20(21)27/h2-10,15H,11-14H2,1H3,(H,29,30,31). The number of nitrogens with one attached hydrogen (secondary N) is 1. The third-order valence-electron chi connectivity index (χ3n) is 6.40. The third-order valence-corrected chi connectivity index (χ3v) is 6.40. The molecule has 1 aliphatic heterocycles. The molecule has 1 fully saturated rings. The fraction of sp³-hybridized carbons (Fsp3) is 0.200. The summed E-state index contributed by atoms with van der Waals surface area (Å²) in [5.74, 6) is -1.43. The molecule has 0 spiro atoms. The Morgan fingerprint density at radius 2 is 1.67 bits per heavy atom. The monoisotopic (exact) mass is 488 g/mol. The Labute approximate surface area is 204 Å². The maximum Gasteiger partial charge on any atom is 0.270 e. The van der Waals surface area contributed by atoms with E-state index in [0.717, 1.165) is 54.3 Å². The van der Waals surface area contributed by atoms with Gasteiger partial charge in [-0.1, -0.05) is 6.07 Å². The second kappa shape index (κ2) is 8.68. The van der Waals surface area contributed by atoms with E-state index in [4.69, 9.17) is 0 Å². The van der Waals surface area contributed by atoms with Gasteiger partial charge in [0, 0.05) is 56.1 Å². The largest absolute Gasteiger partial charge is 0.369 e. The predicted molar refractivity (Wildman–Crippen MR) is 133 cm³/mol. The highest BCUT2D eigenvalue weighted by Gasteiger charge is 2.20. The predicted octanol–water partition coefficient (Wildman–Crippen LogP) is 3.20. The van der Waals surface area contributed by atoms with Gasteiger partial charge in [0.1, 0.15) is 22.7 Å². The van der Waals surface area contributed by atoms with Crippen molar-refractivity contribution >= 4 is 34.1 Å². The second-order valence-electron chi connectivity index (χ2n) is 8.70. The topological polar surface area (TPSA) is 83.6 Å². The van der Waals surface area contributed by atoms with Gasteiger partial charge in [-0.05, 0) is 43.4 Å². The summed E-state index contributed by atoms with van der Waals surface area (Å²) in [6.07, 6.45) is 4.37. The van der Waals surface area contributed by atoms with Crippen molar-refractivity contribution in [2.45, 2.75) is 0 Å². The van der Waals surface area contributed by atoms with Crippen LogP contribution in [0.5, 0.6) is 0 Å². The smallest absolute Gasteiger partial charge is 0.270 e. The number of hydrogen-bond donors (Lipinski definition) is 1. The van der Waals surface area contributed by atoms with Crippen LogP contribution in [0.25, 0.3) is 22.5 Å². The molecule has 0 saturated carbocycles. The van der Waals surface area contributed by atoms with Crippen molar-refractivity contribution in [3.8, 4) is 5.69 Å². The molecule has 9 nitrogen and oxygen atoms in total. The van der Waals surface area contributed by atoms with Crippen LogP contribution in [-0.4, -0.2) is 62.0 Å². The first-order chi connectivity index (χ1) is 17.5. The van der Waals surface area contributed by atoms with E-state index in [1.807, 2.05) is 24.3 Å². The van der Waals surface area contributed by atoms with Crippen LogP contribution in [0.1, 0.15) is 0 Å². The van der Waals surface area contributed by atoms with Crippen LogP contribution in [0, 0.1) is 11.6 Å². The summed E-state index contributed by atoms with van der Waals surface area (Å²) in [5, 5.41) is 3.26. The van der Waals surface area contributed by atoms with Gasteiger partial charge < -0.3 is 15.1 Å². The maximum absolute atomic E-state index is 14.5. The molecule has 36 heavy (non-hydrogen) atoms. The highest BCUT2D eigenvalue weighted by atomic mass is 19.1. The number of fused-ring (bicyclic) bond motifs is 3. The fourth-order valence-electron chi connectivity index (χ4n) is 4.46. The SMILES string of the molecule is CN1CCN(c2ccc(Nc3ncc4c(=O)n(-c5c(F)cccc5F)c5nccn5c4n3)cc2)CC1. The van der Waals surface area contributed by atoms with E-state index in [0.29, 0.717) is 0 Å². The van der Waals surface area contributed by atoms with E-state index in [9.17, 15) is 13.6 Å². The summed E-state index contributed by atoms with van der Waals surface area (Å²) in [7, 11) is 2.12. The first kappa shape index (κ1) is 22.1. The van der Waals surface area contributed by atoms with Crippen LogP contribution < -0.4 is 15.8 Å². The lowest BCUT2D eigenvalue weighted by molar-refractivity contribution is 0.313. The molecule has 0 bridgehead atoms. The number of anilines is 3. The minimum absolute atomic E-state index is 0.0395. The zero-order chi connectivity index (χ0) is 24.8. The fourth-order valence-corrected chi connectivity index (χ4v) is 4.46. The van der Waals surface area contributed by atoms with Crippen molar-refractivity contribution in [2.24, 2.45) is 0 Å². The van der Waals surface area contributed by atoms with Gasteiger partial charge >= 0.3 is 0 Å². The summed E-state index contributed by atoms with van der Waals surface area (Å²) < 4.78 is 31.5. The summed E-state index contributed by atoms with van der Waals surface area (Å²) in [6.45, 7) is 4.01. The van der Waals surface area contributed by atoms with E-state index >= 15 is 0 Å². The van der Waals surface area contributed by atoms with E-state index in [2.05, 4.69) is 37.1 Å². The Morgan fingerprint density at radius 1 is 0.944 bits per heavy atom. The van der Waals surface area contributed by atoms with Crippen LogP contribution in [0.2, 0.25) is 0 Å². The summed E-state index contributed by atoms with van der Waals surface area (Å²) in [4.78, 5) is 30.9. The van der Waals surface area contributed by atoms with Gasteiger partial charge in [0.25, 0.3) is 5.56 Å². The molecule has 3 aromatic heterocycles. The number of piperazine rings is 1. The van der Waals surface area contributed by atoms with E-state index < -0.39 is 22.9 Å². The molecule has 0 unspecified atom stereocenters. The zero-order valence-electron chi connectivity index (χ0n) is 19.4. The number of benzene rings is 2. The normalized spacial score (nSPS) is 14.6. The minimum atomic E-state index is -0.874. The number of hydrogen-bond acceptors (Lipinski definition) is 7. The Hall–Kier alpha value is -4.38. The van der Waals surface area contributed by atoms with Gasteiger partial charge in [0.15, 0.2) is 5.65 Å². The van der Waals surface area contributed by atoms with Crippen molar-refractivity contribution in [1.29, 1.82) is 0 Å². The molecule has 5 aromatic rings. The van der Waals surface area contributed by atoms with Gasteiger partial charge in [-0.25, -0.2) is 23.3 Å². The van der Waals surface area contributed by atoms with Crippen LogP contribution in [-0.2, 0) is 0 Å². The van der Waals surface area contributed by atoms with Crippen molar-refractivity contribution in [2.75, 3.05) is 43.4 Å². The van der Waals surface area contributed by atoms with E-state index in [-0.39, 0.29) is 22.8 Å². The molecule has 4 heterocycles. The minimum Gasteiger partial charge on any atom is -0.369 e. The van der Waals surface area contributed by atoms with E-state index in [1.54, 1.807) is 6.20 Å². The zero-order valence-corrected chi connectivity index (χ0v) is 19.4. The Morgan fingerprint density at radius 3 is 2.39 bits per heavy atom. The van der Waals surface area contributed by atoms with Crippen molar-refractivity contribution in [3.63, 3.8) is 0 Å². The van der Waals surface area contributed by atoms with Crippen LogP contribution >= 0.6 is 0 Å². The van der Waals surface area contributed by atoms with Gasteiger partial charge in [-0.15, -0.1) is 0 Å². The highest BCUT2D eigenvalue weighted by Crippen LogP contribution is 2.23. The Kier molecular flexibility index (Phi) is 5.33. The number of rotatable bonds is 4. The molecular weight excluding hydrogens is 466 g/mol.